The maximum absolute atomic E-state index is 13.1. The Labute approximate surface area is 153 Å². The fourth-order valence-corrected chi connectivity index (χ4v) is 4.27. The van der Waals surface area contributed by atoms with Gasteiger partial charge in [-0.2, -0.15) is 5.10 Å². The summed E-state index contributed by atoms with van der Waals surface area (Å²) in [5, 5.41) is 14.6. The van der Waals surface area contributed by atoms with E-state index in [0.717, 1.165) is 30.0 Å². The second-order valence-electron chi connectivity index (χ2n) is 7.48. The number of para-hydroxylation sites is 1. The molecule has 1 fully saturated rings. The van der Waals surface area contributed by atoms with E-state index in [4.69, 9.17) is 4.74 Å². The number of likely N-dealkylation sites (tertiary alicyclic amines) is 1. The number of benzene rings is 1. The van der Waals surface area contributed by atoms with Crippen LogP contribution in [0.4, 0.5) is 0 Å². The molecule has 0 radical (unpaired) electrons. The molecule has 26 heavy (non-hydrogen) atoms. The van der Waals surface area contributed by atoms with Crippen molar-refractivity contribution in [2.75, 3.05) is 26.3 Å². The highest BCUT2D eigenvalue weighted by atomic mass is 16.5. The SMILES string of the molecule is CCCn1cc(C(=O)N2CC3c4ccccc4OCC3(CO)C2)c(C)n1. The van der Waals surface area contributed by atoms with Crippen LogP contribution in [0.1, 0.15) is 40.9 Å². The van der Waals surface area contributed by atoms with Crippen LogP contribution in [0.5, 0.6) is 5.75 Å². The van der Waals surface area contributed by atoms with Crippen LogP contribution < -0.4 is 4.74 Å². The minimum atomic E-state index is -0.433. The number of hydrogen-bond donors (Lipinski definition) is 1. The van der Waals surface area contributed by atoms with Crippen LogP contribution >= 0.6 is 0 Å². The molecule has 0 saturated carbocycles. The van der Waals surface area contributed by atoms with Crippen molar-refractivity contribution in [3.8, 4) is 5.75 Å². The first-order valence-electron chi connectivity index (χ1n) is 9.24. The molecule has 2 aliphatic rings. The number of aliphatic hydroxyl groups is 1. The lowest BCUT2D eigenvalue weighted by atomic mass is 9.74. The second kappa shape index (κ2) is 6.43. The summed E-state index contributed by atoms with van der Waals surface area (Å²) < 4.78 is 7.75. The third-order valence-corrected chi connectivity index (χ3v) is 5.69. The largest absolute Gasteiger partial charge is 0.493 e. The summed E-state index contributed by atoms with van der Waals surface area (Å²) in [5.74, 6) is 0.944. The predicted molar refractivity (Wildman–Crippen MR) is 97.4 cm³/mol. The lowest BCUT2D eigenvalue weighted by Gasteiger charge is -2.37. The molecule has 0 spiro atoms. The van der Waals surface area contributed by atoms with E-state index >= 15 is 0 Å². The van der Waals surface area contributed by atoms with E-state index in [-0.39, 0.29) is 18.4 Å². The number of amides is 1. The molecular weight excluding hydrogens is 330 g/mol. The summed E-state index contributed by atoms with van der Waals surface area (Å²) in [7, 11) is 0. The van der Waals surface area contributed by atoms with Crippen LogP contribution in [0.25, 0.3) is 0 Å². The number of carbonyl (C=O) groups excluding carboxylic acids is 1. The van der Waals surface area contributed by atoms with E-state index in [2.05, 4.69) is 12.0 Å². The van der Waals surface area contributed by atoms with Gasteiger partial charge in [-0.3, -0.25) is 9.48 Å². The third-order valence-electron chi connectivity index (χ3n) is 5.69. The topological polar surface area (TPSA) is 67.6 Å². The van der Waals surface area contributed by atoms with Crippen molar-refractivity contribution in [3.63, 3.8) is 0 Å². The number of ether oxygens (including phenoxy) is 1. The van der Waals surface area contributed by atoms with E-state index in [0.29, 0.717) is 25.3 Å². The average molecular weight is 355 g/mol. The Morgan fingerprint density at radius 2 is 2.23 bits per heavy atom. The zero-order chi connectivity index (χ0) is 18.3. The molecule has 2 aliphatic heterocycles. The molecule has 6 heteroatoms. The molecule has 0 bridgehead atoms. The molecule has 2 unspecified atom stereocenters. The van der Waals surface area contributed by atoms with Gasteiger partial charge in [0, 0.05) is 31.7 Å². The molecule has 1 aromatic heterocycles. The zero-order valence-corrected chi connectivity index (χ0v) is 15.3. The van der Waals surface area contributed by atoms with Crippen LogP contribution in [0.3, 0.4) is 0 Å². The summed E-state index contributed by atoms with van der Waals surface area (Å²) in [6.45, 7) is 6.30. The zero-order valence-electron chi connectivity index (χ0n) is 15.3. The maximum Gasteiger partial charge on any atom is 0.257 e. The number of aromatic nitrogens is 2. The van der Waals surface area contributed by atoms with Gasteiger partial charge in [0.1, 0.15) is 5.75 Å². The van der Waals surface area contributed by atoms with E-state index in [1.807, 2.05) is 47.0 Å². The molecule has 1 saturated heterocycles. The predicted octanol–water partition coefficient (Wildman–Crippen LogP) is 2.21. The fourth-order valence-electron chi connectivity index (χ4n) is 4.27. The smallest absolute Gasteiger partial charge is 0.257 e. The Hall–Kier alpha value is -2.34. The molecule has 2 atom stereocenters. The fraction of sp³-hybridized carbons (Fsp3) is 0.500. The van der Waals surface area contributed by atoms with Gasteiger partial charge >= 0.3 is 0 Å². The number of aryl methyl sites for hydroxylation is 2. The Kier molecular flexibility index (Phi) is 4.23. The van der Waals surface area contributed by atoms with Crippen LogP contribution in [0, 0.1) is 12.3 Å². The molecule has 6 nitrogen and oxygen atoms in total. The average Bonchev–Trinajstić information content (AvgIpc) is 3.23. The van der Waals surface area contributed by atoms with Crippen LogP contribution in [0.2, 0.25) is 0 Å². The van der Waals surface area contributed by atoms with Crippen molar-refractivity contribution in [2.45, 2.75) is 32.7 Å². The van der Waals surface area contributed by atoms with Gasteiger partial charge in [0.25, 0.3) is 5.91 Å². The summed E-state index contributed by atoms with van der Waals surface area (Å²) >= 11 is 0. The summed E-state index contributed by atoms with van der Waals surface area (Å²) in [6, 6.07) is 7.94. The van der Waals surface area contributed by atoms with Crippen molar-refractivity contribution >= 4 is 5.91 Å². The van der Waals surface area contributed by atoms with Crippen LogP contribution in [-0.2, 0) is 6.54 Å². The van der Waals surface area contributed by atoms with Crippen molar-refractivity contribution in [1.82, 2.24) is 14.7 Å². The van der Waals surface area contributed by atoms with Gasteiger partial charge in [-0.15, -0.1) is 0 Å². The third kappa shape index (κ3) is 2.60. The normalized spacial score (nSPS) is 24.1. The summed E-state index contributed by atoms with van der Waals surface area (Å²) in [5.41, 5.74) is 2.06. The summed E-state index contributed by atoms with van der Waals surface area (Å²) in [4.78, 5) is 15.0. The monoisotopic (exact) mass is 355 g/mol. The van der Waals surface area contributed by atoms with Crippen molar-refractivity contribution in [2.24, 2.45) is 5.41 Å². The van der Waals surface area contributed by atoms with Gasteiger partial charge in [-0.25, -0.2) is 0 Å². The number of fused-ring (bicyclic) bond motifs is 3. The van der Waals surface area contributed by atoms with Gasteiger partial charge in [-0.1, -0.05) is 25.1 Å². The first-order valence-corrected chi connectivity index (χ1v) is 9.24. The van der Waals surface area contributed by atoms with Gasteiger partial charge in [0.15, 0.2) is 0 Å². The Balaban J connectivity index is 1.63. The van der Waals surface area contributed by atoms with Gasteiger partial charge in [-0.05, 0) is 25.0 Å². The van der Waals surface area contributed by atoms with E-state index in [9.17, 15) is 9.90 Å². The highest BCUT2D eigenvalue weighted by Gasteiger charge is 2.52. The van der Waals surface area contributed by atoms with Crippen molar-refractivity contribution in [3.05, 3.63) is 47.3 Å². The van der Waals surface area contributed by atoms with Gasteiger partial charge in [0.2, 0.25) is 0 Å². The van der Waals surface area contributed by atoms with Crippen molar-refractivity contribution in [1.29, 1.82) is 0 Å². The van der Waals surface area contributed by atoms with Crippen LogP contribution in [0.15, 0.2) is 30.5 Å². The lowest BCUT2D eigenvalue weighted by Crippen LogP contribution is -2.42. The number of nitrogens with zero attached hydrogens (tertiary/aromatic N) is 3. The molecule has 1 N–H and O–H groups in total. The highest BCUT2D eigenvalue weighted by molar-refractivity contribution is 5.95. The first kappa shape index (κ1) is 17.1. The molecule has 1 amide bonds. The van der Waals surface area contributed by atoms with Gasteiger partial charge in [0.05, 0.1) is 29.9 Å². The van der Waals surface area contributed by atoms with E-state index in [1.165, 1.54) is 0 Å². The highest BCUT2D eigenvalue weighted by Crippen LogP contribution is 2.49. The maximum atomic E-state index is 13.1. The Morgan fingerprint density at radius 1 is 1.42 bits per heavy atom. The number of carbonyl (C=O) groups is 1. The second-order valence-corrected chi connectivity index (χ2v) is 7.48. The molecule has 0 aliphatic carbocycles. The van der Waals surface area contributed by atoms with Crippen molar-refractivity contribution < 1.29 is 14.6 Å². The Bertz CT molecular complexity index is 831. The van der Waals surface area contributed by atoms with E-state index in [1.54, 1.807) is 0 Å². The molecule has 138 valence electrons. The summed E-state index contributed by atoms with van der Waals surface area (Å²) in [6.07, 6.45) is 2.82. The van der Waals surface area contributed by atoms with E-state index < -0.39 is 5.41 Å². The minimum Gasteiger partial charge on any atom is -0.493 e. The lowest BCUT2D eigenvalue weighted by molar-refractivity contribution is 0.0440. The Morgan fingerprint density at radius 3 is 3.00 bits per heavy atom. The first-order chi connectivity index (χ1) is 12.6. The molecule has 3 heterocycles. The van der Waals surface area contributed by atoms with Crippen LogP contribution in [-0.4, -0.2) is 52.0 Å². The number of rotatable bonds is 4. The molecule has 4 rings (SSSR count). The standard InChI is InChI=1S/C20H25N3O3/c1-3-8-23-9-16(14(2)21-23)19(25)22-10-17-15-6-4-5-7-18(15)26-13-20(17,11-22)12-24/h4-7,9,17,24H,3,8,10-13H2,1-2H3. The van der Waals surface area contributed by atoms with Gasteiger partial charge < -0.3 is 14.7 Å². The molecular formula is C20H25N3O3. The molecule has 2 aromatic rings. The number of hydrogen-bond acceptors (Lipinski definition) is 4. The quantitative estimate of drug-likeness (QED) is 0.913. The minimum absolute atomic E-state index is 0.00383. The molecule has 1 aromatic carbocycles. The number of aliphatic hydroxyl groups excluding tert-OH is 1.